The summed E-state index contributed by atoms with van der Waals surface area (Å²) in [7, 11) is 0. The van der Waals surface area contributed by atoms with E-state index < -0.39 is 28.0 Å². The maximum absolute atomic E-state index is 15.0. The summed E-state index contributed by atoms with van der Waals surface area (Å²) in [6.45, 7) is 9.10. The van der Waals surface area contributed by atoms with E-state index in [9.17, 15) is 9.90 Å². The summed E-state index contributed by atoms with van der Waals surface area (Å²) in [5, 5.41) is 12.2. The number of rotatable bonds is 6. The van der Waals surface area contributed by atoms with Crippen molar-refractivity contribution in [3.63, 3.8) is 0 Å². The van der Waals surface area contributed by atoms with Gasteiger partial charge in [-0.25, -0.2) is 4.39 Å². The first kappa shape index (κ1) is 24.0. The summed E-state index contributed by atoms with van der Waals surface area (Å²) in [6, 6.07) is 5.94. The van der Waals surface area contributed by atoms with Crippen LogP contribution in [-0.4, -0.2) is 44.7 Å². The molecule has 1 aliphatic rings. The molecule has 1 saturated heterocycles. The van der Waals surface area contributed by atoms with Crippen LogP contribution in [0, 0.1) is 0 Å². The zero-order valence-electron chi connectivity index (χ0n) is 16.5. The summed E-state index contributed by atoms with van der Waals surface area (Å²) in [5.74, 6) is -0.856. The molecule has 0 radical (unpaired) electrons. The van der Waals surface area contributed by atoms with E-state index in [0.29, 0.717) is 10.7 Å². The van der Waals surface area contributed by atoms with Gasteiger partial charge in [0.05, 0.1) is 17.2 Å². The van der Waals surface area contributed by atoms with Crippen LogP contribution in [0.25, 0.3) is 0 Å². The highest BCUT2D eigenvalue weighted by atomic mass is 35.5. The lowest BCUT2D eigenvalue weighted by Gasteiger charge is -2.39. The number of anilines is 1. The Morgan fingerprint density at radius 1 is 1.45 bits per heavy atom. The predicted molar refractivity (Wildman–Crippen MR) is 121 cm³/mol. The van der Waals surface area contributed by atoms with Crippen molar-refractivity contribution in [2.75, 3.05) is 11.9 Å². The SMILES string of the molecule is C=C(Cl)/C=C\C=C(/F)C1S[C@H](CO)N(C(C)(C)C)C1C(=O)Nc1cccc(Cl)c1. The molecule has 29 heavy (non-hydrogen) atoms. The van der Waals surface area contributed by atoms with Crippen molar-refractivity contribution in [1.82, 2.24) is 4.90 Å². The number of nitrogens with zero attached hydrogens (tertiary/aromatic N) is 1. The Balaban J connectivity index is 2.40. The minimum atomic E-state index is -0.833. The summed E-state index contributed by atoms with van der Waals surface area (Å²) in [6.07, 6.45) is 4.18. The van der Waals surface area contributed by atoms with Crippen molar-refractivity contribution in [1.29, 1.82) is 0 Å². The highest BCUT2D eigenvalue weighted by Crippen LogP contribution is 2.44. The summed E-state index contributed by atoms with van der Waals surface area (Å²) in [5.41, 5.74) is 0.0433. The van der Waals surface area contributed by atoms with E-state index >= 15 is 4.39 Å². The van der Waals surface area contributed by atoms with Gasteiger partial charge in [-0.05, 0) is 51.1 Å². The number of thioether (sulfide) groups is 1. The van der Waals surface area contributed by atoms with Crippen LogP contribution in [0.2, 0.25) is 5.02 Å². The molecule has 1 aromatic rings. The number of aliphatic hydroxyl groups excluding tert-OH is 1. The molecule has 2 rings (SSSR count). The molecule has 1 heterocycles. The topological polar surface area (TPSA) is 52.6 Å². The smallest absolute Gasteiger partial charge is 0.243 e. The molecule has 2 unspecified atom stereocenters. The third-order valence-corrected chi connectivity index (χ3v) is 6.12. The van der Waals surface area contributed by atoms with Crippen molar-refractivity contribution in [2.24, 2.45) is 0 Å². The van der Waals surface area contributed by atoms with Gasteiger partial charge >= 0.3 is 0 Å². The zero-order valence-corrected chi connectivity index (χ0v) is 18.9. The number of amides is 1. The first-order valence-corrected chi connectivity index (χ1v) is 10.7. The number of hydrogen-bond acceptors (Lipinski definition) is 4. The molecule has 0 spiro atoms. The lowest BCUT2D eigenvalue weighted by atomic mass is 9.99. The first-order valence-electron chi connectivity index (χ1n) is 9.04. The van der Waals surface area contributed by atoms with E-state index in [2.05, 4.69) is 11.9 Å². The number of nitrogens with one attached hydrogen (secondary N) is 1. The van der Waals surface area contributed by atoms with Crippen LogP contribution in [-0.2, 0) is 4.79 Å². The lowest BCUT2D eigenvalue weighted by Crippen LogP contribution is -2.55. The van der Waals surface area contributed by atoms with E-state index in [-0.39, 0.29) is 17.5 Å². The van der Waals surface area contributed by atoms with Crippen molar-refractivity contribution in [2.45, 2.75) is 43.0 Å². The quantitative estimate of drug-likeness (QED) is 0.564. The Hall–Kier alpha value is -1.31. The van der Waals surface area contributed by atoms with E-state index in [0.717, 1.165) is 0 Å². The van der Waals surface area contributed by atoms with Crippen LogP contribution in [0.15, 0.2) is 59.9 Å². The standard InChI is InChI=1S/C21H25Cl2FN2O2S/c1-13(22)7-5-10-16(24)19-18(26(21(2,3)4)17(12-27)29-19)20(28)25-15-9-6-8-14(23)11-15/h5-11,17-19,27H,1,12H2,2-4H3,(H,25,28)/b7-5-,16-10-/t17-,18?,19?/m1/s1. The van der Waals surface area contributed by atoms with Gasteiger partial charge in [0, 0.05) is 21.3 Å². The molecule has 158 valence electrons. The number of benzene rings is 1. The van der Waals surface area contributed by atoms with Crippen LogP contribution in [0.3, 0.4) is 0 Å². The van der Waals surface area contributed by atoms with Gasteiger partial charge < -0.3 is 10.4 Å². The molecule has 0 bridgehead atoms. The van der Waals surface area contributed by atoms with Crippen LogP contribution in [0.4, 0.5) is 10.1 Å². The second-order valence-electron chi connectivity index (χ2n) is 7.57. The fourth-order valence-corrected chi connectivity index (χ4v) is 5.09. The van der Waals surface area contributed by atoms with E-state index in [1.165, 1.54) is 30.0 Å². The van der Waals surface area contributed by atoms with Gasteiger partial charge in [0.1, 0.15) is 11.9 Å². The molecule has 0 saturated carbocycles. The molecule has 3 atom stereocenters. The molecule has 2 N–H and O–H groups in total. The molecule has 1 amide bonds. The molecular formula is C21H25Cl2FN2O2S. The van der Waals surface area contributed by atoms with Gasteiger partial charge in [0.2, 0.25) is 5.91 Å². The van der Waals surface area contributed by atoms with Gasteiger partial charge in [0.25, 0.3) is 0 Å². The Labute approximate surface area is 185 Å². The van der Waals surface area contributed by atoms with Crippen molar-refractivity contribution >= 4 is 46.6 Å². The fourth-order valence-electron chi connectivity index (χ4n) is 3.22. The minimum Gasteiger partial charge on any atom is -0.394 e. The van der Waals surface area contributed by atoms with E-state index in [1.807, 2.05) is 25.7 Å². The maximum Gasteiger partial charge on any atom is 0.243 e. The minimum absolute atomic E-state index is 0.207. The highest BCUT2D eigenvalue weighted by molar-refractivity contribution is 8.01. The van der Waals surface area contributed by atoms with Crippen LogP contribution in [0.5, 0.6) is 0 Å². The number of aliphatic hydroxyl groups is 1. The van der Waals surface area contributed by atoms with Gasteiger partial charge in [-0.1, -0.05) is 41.9 Å². The number of carbonyl (C=O) groups is 1. The normalized spacial score (nSPS) is 23.6. The molecular weight excluding hydrogens is 434 g/mol. The average Bonchev–Trinajstić information content (AvgIpc) is 3.01. The van der Waals surface area contributed by atoms with Crippen LogP contribution < -0.4 is 5.32 Å². The lowest BCUT2D eigenvalue weighted by molar-refractivity contribution is -0.123. The molecule has 0 aromatic heterocycles. The van der Waals surface area contributed by atoms with Gasteiger partial charge in [-0.3, -0.25) is 9.69 Å². The highest BCUT2D eigenvalue weighted by Gasteiger charge is 2.51. The molecule has 1 aromatic carbocycles. The maximum atomic E-state index is 15.0. The monoisotopic (exact) mass is 458 g/mol. The van der Waals surface area contributed by atoms with Crippen LogP contribution in [0.1, 0.15) is 20.8 Å². The number of halogens is 3. The summed E-state index contributed by atoms with van der Waals surface area (Å²) >= 11 is 12.9. The molecule has 1 fully saturated rings. The van der Waals surface area contributed by atoms with Gasteiger partial charge in [-0.2, -0.15) is 0 Å². The second kappa shape index (κ2) is 10.1. The average molecular weight is 459 g/mol. The number of allylic oxidation sites excluding steroid dienone is 4. The third kappa shape index (κ3) is 6.33. The Kier molecular flexibility index (Phi) is 8.37. The largest absolute Gasteiger partial charge is 0.394 e. The van der Waals surface area contributed by atoms with E-state index in [1.54, 1.807) is 24.3 Å². The summed E-state index contributed by atoms with van der Waals surface area (Å²) in [4.78, 5) is 15.1. The second-order valence-corrected chi connectivity index (χ2v) is 9.82. The first-order chi connectivity index (χ1) is 13.5. The Bertz CT molecular complexity index is 823. The molecule has 8 heteroatoms. The van der Waals surface area contributed by atoms with Crippen molar-refractivity contribution in [3.05, 3.63) is 65.0 Å². The number of carbonyl (C=O) groups excluding carboxylic acids is 1. The Morgan fingerprint density at radius 3 is 2.69 bits per heavy atom. The third-order valence-electron chi connectivity index (χ3n) is 4.30. The van der Waals surface area contributed by atoms with Crippen molar-refractivity contribution in [3.8, 4) is 0 Å². The molecule has 0 aliphatic carbocycles. The molecule has 1 aliphatic heterocycles. The van der Waals surface area contributed by atoms with E-state index in [4.69, 9.17) is 23.2 Å². The predicted octanol–water partition coefficient (Wildman–Crippen LogP) is 5.34. The van der Waals surface area contributed by atoms with Gasteiger partial charge in [-0.15, -0.1) is 11.8 Å². The Morgan fingerprint density at radius 2 is 2.14 bits per heavy atom. The molecule has 4 nitrogen and oxygen atoms in total. The fraction of sp³-hybridized carbons (Fsp3) is 0.381. The number of hydrogen-bond donors (Lipinski definition) is 2. The van der Waals surface area contributed by atoms with Crippen LogP contribution >= 0.6 is 35.0 Å². The van der Waals surface area contributed by atoms with Gasteiger partial charge in [0.15, 0.2) is 0 Å². The zero-order chi connectivity index (χ0) is 21.8. The van der Waals surface area contributed by atoms with Crippen molar-refractivity contribution < 1.29 is 14.3 Å². The summed E-state index contributed by atoms with van der Waals surface area (Å²) < 4.78 is 15.0.